The number of anilines is 1. The molecular weight excluding hydrogens is 868 g/mol. The third-order valence-electron chi connectivity index (χ3n) is 11.2. The van der Waals surface area contributed by atoms with E-state index in [9.17, 15) is 35.6 Å². The highest BCUT2D eigenvalue weighted by atomic mass is 35.5. The Morgan fingerprint density at radius 3 is 2.48 bits per heavy atom. The fraction of sp³-hybridized carbons (Fsp3) is 0.400. The average molecular weight is 904 g/mol. The van der Waals surface area contributed by atoms with Crippen molar-refractivity contribution in [2.24, 2.45) is 13.0 Å². The normalized spacial score (nSPS) is 18.5. The second-order valence-corrected chi connectivity index (χ2v) is 18.3. The lowest BCUT2D eigenvalue weighted by atomic mass is 10.0. The first-order valence-electron chi connectivity index (χ1n) is 19.5. The van der Waals surface area contributed by atoms with Crippen LogP contribution < -0.4 is 20.3 Å². The summed E-state index contributed by atoms with van der Waals surface area (Å²) in [7, 11) is -2.46. The van der Waals surface area contributed by atoms with Crippen molar-refractivity contribution in [3.63, 3.8) is 0 Å². The van der Waals surface area contributed by atoms with Gasteiger partial charge in [-0.25, -0.2) is 31.0 Å². The van der Waals surface area contributed by atoms with Crippen LogP contribution in [0.2, 0.25) is 5.02 Å². The minimum absolute atomic E-state index is 0.00312. The van der Waals surface area contributed by atoms with Gasteiger partial charge in [-0.3, -0.25) is 28.2 Å². The molecule has 0 saturated heterocycles. The number of halogens is 7. The maximum Gasteiger partial charge on any atom is 0.293 e. The second kappa shape index (κ2) is 14.7. The summed E-state index contributed by atoms with van der Waals surface area (Å²) in [5.41, 5.74) is -0.305. The van der Waals surface area contributed by atoms with Crippen molar-refractivity contribution >= 4 is 55.3 Å². The van der Waals surface area contributed by atoms with E-state index in [0.29, 0.717) is 23.7 Å². The molecule has 1 amide bonds. The molecule has 2 fully saturated rings. The summed E-state index contributed by atoms with van der Waals surface area (Å²) in [6.07, 6.45) is 1.68. The number of benzene rings is 2. The number of carbonyl (C=O) groups is 1. The van der Waals surface area contributed by atoms with Crippen molar-refractivity contribution in [2.45, 2.75) is 75.3 Å². The molecule has 3 atom stereocenters. The van der Waals surface area contributed by atoms with Crippen LogP contribution in [-0.2, 0) is 40.8 Å². The number of pyridine rings is 1. The first kappa shape index (κ1) is 41.6. The highest BCUT2D eigenvalue weighted by Crippen LogP contribution is 2.69. The van der Waals surface area contributed by atoms with Gasteiger partial charge in [-0.1, -0.05) is 11.6 Å². The maximum absolute atomic E-state index is 15.7. The number of amides is 1. The average Bonchev–Trinajstić information content (AvgIpc) is 4.08. The van der Waals surface area contributed by atoms with Crippen LogP contribution in [0.1, 0.15) is 78.8 Å². The number of hydrogen-bond acceptors (Lipinski definition) is 9. The zero-order valence-electron chi connectivity index (χ0n) is 33.0. The Labute approximate surface area is 353 Å². The molecule has 4 aromatic heterocycles. The number of carbonyl (C=O) groups excluding carboxylic acids is 1. The number of hydrogen-bond donors (Lipinski definition) is 2. The van der Waals surface area contributed by atoms with Crippen LogP contribution in [0.3, 0.4) is 0 Å². The van der Waals surface area contributed by atoms with E-state index >= 15 is 8.78 Å². The number of ether oxygens (including phenoxy) is 1. The number of aromatic nitrogens is 7. The van der Waals surface area contributed by atoms with E-state index in [-0.39, 0.29) is 73.3 Å². The number of rotatable bonds is 14. The molecule has 0 aliphatic heterocycles. The van der Waals surface area contributed by atoms with Crippen LogP contribution in [0.25, 0.3) is 27.6 Å². The molecule has 6 aromatic rings. The Hall–Kier alpha value is -5.70. The van der Waals surface area contributed by atoms with E-state index in [0.717, 1.165) is 47.4 Å². The Kier molecular flexibility index (Phi) is 9.88. The zero-order valence-corrected chi connectivity index (χ0v) is 34.6. The Bertz CT molecular complexity index is 3000. The van der Waals surface area contributed by atoms with Crippen molar-refractivity contribution in [1.29, 1.82) is 0 Å². The minimum Gasteiger partial charge on any atom is -0.477 e. The van der Waals surface area contributed by atoms with Gasteiger partial charge in [0.2, 0.25) is 27.7 Å². The first-order valence-corrected chi connectivity index (χ1v) is 21.7. The number of nitrogens with one attached hydrogen (secondary N) is 2. The highest BCUT2D eigenvalue weighted by Gasteiger charge is 2.67. The molecule has 2 saturated carbocycles. The fourth-order valence-corrected chi connectivity index (χ4v) is 9.09. The van der Waals surface area contributed by atoms with Gasteiger partial charge in [-0.05, 0) is 68.0 Å². The summed E-state index contributed by atoms with van der Waals surface area (Å²) < 4.78 is 124. The quantitative estimate of drug-likeness (QED) is 0.112. The SMILES string of the molecule is Cn1nc(NS(C)(=O)=O)c2c(Cl)ccc(-n3c([C@H](Cc4cc(F)cc(F)c4)NC(=O)Cn4nc(C5CC5)c5c4C(F)(F)[C@@H]4C[C@H]54)nc4nc(OCCC(C)(F)F)ccc4c3=O)c21. The van der Waals surface area contributed by atoms with Gasteiger partial charge in [0.05, 0.1) is 51.6 Å². The predicted octanol–water partition coefficient (Wildman–Crippen LogP) is 6.78. The zero-order chi connectivity index (χ0) is 44.2. The van der Waals surface area contributed by atoms with Crippen molar-refractivity contribution < 1.29 is 44.3 Å². The number of sulfonamides is 1. The Morgan fingerprint density at radius 1 is 1.08 bits per heavy atom. The molecule has 62 heavy (non-hydrogen) atoms. The van der Waals surface area contributed by atoms with Crippen molar-refractivity contribution in [3.05, 3.63) is 97.8 Å². The summed E-state index contributed by atoms with van der Waals surface area (Å²) in [5, 5.41) is 11.5. The van der Waals surface area contributed by atoms with E-state index in [1.807, 2.05) is 0 Å². The predicted molar refractivity (Wildman–Crippen MR) is 214 cm³/mol. The maximum atomic E-state index is 15.7. The third kappa shape index (κ3) is 7.73. The molecule has 0 radical (unpaired) electrons. The van der Waals surface area contributed by atoms with Gasteiger partial charge in [0, 0.05) is 49.4 Å². The molecule has 4 heterocycles. The van der Waals surface area contributed by atoms with Gasteiger partial charge < -0.3 is 10.1 Å². The second-order valence-electron chi connectivity index (χ2n) is 16.2. The Morgan fingerprint density at radius 2 is 1.81 bits per heavy atom. The van der Waals surface area contributed by atoms with E-state index < -0.39 is 82.9 Å². The van der Waals surface area contributed by atoms with Crippen molar-refractivity contribution in [2.75, 3.05) is 17.6 Å². The van der Waals surface area contributed by atoms with Gasteiger partial charge in [0.1, 0.15) is 29.7 Å². The summed E-state index contributed by atoms with van der Waals surface area (Å²) in [5.74, 6) is -11.0. The summed E-state index contributed by atoms with van der Waals surface area (Å²) in [6.45, 7) is -0.431. The molecule has 0 spiro atoms. The van der Waals surface area contributed by atoms with Gasteiger partial charge in [0.25, 0.3) is 11.5 Å². The topological polar surface area (TPSA) is 168 Å². The van der Waals surface area contributed by atoms with E-state index in [1.54, 1.807) is 0 Å². The molecular formula is C40H36ClF6N9O5S. The lowest BCUT2D eigenvalue weighted by Gasteiger charge is -2.24. The lowest BCUT2D eigenvalue weighted by Crippen LogP contribution is -2.38. The third-order valence-corrected chi connectivity index (χ3v) is 12.1. The van der Waals surface area contributed by atoms with E-state index in [4.69, 9.17) is 21.3 Å². The standard InChI is InChI=1S/C40H36ClF6N9O5S/c1-39(44,45)10-11-61-29-9-6-22-35(49-29)50-37(56(38(22)58)27-8-7-25(41)31-33(27)54(2)52-36(31)53-62(3,59)60)26(14-18-12-20(42)15-21(43)13-18)48-28(57)17-55-34-30(32(51-55)19-4-5-19)23-16-24(23)40(34,46)47/h6-9,12-13,15,19,23-24,26H,4-5,10-11,14,16-17H2,1-3H3,(H,48,57)(H,52,53)/t23-,24+,26-/m0/s1. The van der Waals surface area contributed by atoms with Crippen LogP contribution in [0.4, 0.5) is 32.2 Å². The molecule has 2 aromatic carbocycles. The summed E-state index contributed by atoms with van der Waals surface area (Å²) in [6, 6.07) is 6.48. The molecule has 22 heteroatoms. The molecule has 9 rings (SSSR count). The van der Waals surface area contributed by atoms with E-state index in [1.165, 1.54) is 36.0 Å². The van der Waals surface area contributed by atoms with Gasteiger partial charge in [0.15, 0.2) is 11.5 Å². The number of alkyl halides is 4. The largest absolute Gasteiger partial charge is 0.477 e. The number of fused-ring (bicyclic) bond motifs is 5. The van der Waals surface area contributed by atoms with Crippen molar-refractivity contribution in [3.8, 4) is 11.6 Å². The molecule has 14 nitrogen and oxygen atoms in total. The summed E-state index contributed by atoms with van der Waals surface area (Å²) in [4.78, 5) is 38.1. The molecule has 0 bridgehead atoms. The van der Waals surface area contributed by atoms with Crippen LogP contribution in [0.15, 0.2) is 47.3 Å². The monoisotopic (exact) mass is 903 g/mol. The smallest absolute Gasteiger partial charge is 0.293 e. The van der Waals surface area contributed by atoms with E-state index in [2.05, 4.69) is 25.2 Å². The summed E-state index contributed by atoms with van der Waals surface area (Å²) >= 11 is 6.62. The van der Waals surface area contributed by atoms with Crippen LogP contribution in [0, 0.1) is 17.6 Å². The molecule has 3 aliphatic carbocycles. The highest BCUT2D eigenvalue weighted by molar-refractivity contribution is 7.92. The molecule has 2 N–H and O–H groups in total. The first-order chi connectivity index (χ1) is 29.2. The van der Waals surface area contributed by atoms with Crippen LogP contribution in [0.5, 0.6) is 5.88 Å². The van der Waals surface area contributed by atoms with Gasteiger partial charge in [-0.15, -0.1) is 0 Å². The number of nitrogens with zero attached hydrogens (tertiary/aromatic N) is 7. The Balaban J connectivity index is 1.22. The minimum atomic E-state index is -3.91. The van der Waals surface area contributed by atoms with Gasteiger partial charge >= 0.3 is 0 Å². The number of aryl methyl sites for hydroxylation is 1. The molecule has 3 aliphatic rings. The van der Waals surface area contributed by atoms with Gasteiger partial charge in [-0.2, -0.15) is 24.0 Å². The fourth-order valence-electron chi connectivity index (χ4n) is 8.36. The lowest BCUT2D eigenvalue weighted by molar-refractivity contribution is -0.123. The molecule has 326 valence electrons. The van der Waals surface area contributed by atoms with Crippen LogP contribution in [-0.4, -0.2) is 67.2 Å². The van der Waals surface area contributed by atoms with Crippen LogP contribution >= 0.6 is 11.6 Å². The van der Waals surface area contributed by atoms with Crippen molar-refractivity contribution in [1.82, 2.24) is 39.4 Å². The molecule has 0 unspecified atom stereocenters.